The molecule has 1 aliphatic rings. The molecular weight excluding hydrogens is 218 g/mol. The highest BCUT2D eigenvalue weighted by molar-refractivity contribution is 6.12. The summed E-state index contributed by atoms with van der Waals surface area (Å²) in [6.07, 6.45) is 2.24. The zero-order valence-corrected chi connectivity index (χ0v) is 10.2. The Hall–Kier alpha value is -1.86. The van der Waals surface area contributed by atoms with E-state index < -0.39 is 0 Å². The molecule has 0 saturated carbocycles. The van der Waals surface area contributed by atoms with Gasteiger partial charge >= 0.3 is 0 Å². The molecule has 18 heavy (non-hydrogen) atoms. The first kappa shape index (κ1) is 10.1. The highest BCUT2D eigenvalue weighted by Gasteiger charge is 2.14. The Balaban J connectivity index is 2.37. The molecule has 1 aliphatic carbocycles. The van der Waals surface area contributed by atoms with Gasteiger partial charge in [0.15, 0.2) is 0 Å². The number of nitrogens with two attached hydrogens (primary N) is 1. The van der Waals surface area contributed by atoms with Crippen LogP contribution in [0.4, 0.5) is 0 Å². The van der Waals surface area contributed by atoms with Crippen LogP contribution in [0.25, 0.3) is 27.1 Å². The van der Waals surface area contributed by atoms with Crippen molar-refractivity contribution in [1.29, 1.82) is 0 Å². The first-order valence-corrected chi connectivity index (χ1v) is 6.53. The van der Waals surface area contributed by atoms with E-state index >= 15 is 0 Å². The van der Waals surface area contributed by atoms with Crippen LogP contribution in [0.3, 0.4) is 0 Å². The van der Waals surface area contributed by atoms with Crippen LogP contribution in [0, 0.1) is 0 Å². The van der Waals surface area contributed by atoms with Crippen LogP contribution in [-0.4, -0.2) is 6.54 Å². The van der Waals surface area contributed by atoms with Gasteiger partial charge in [0, 0.05) is 6.54 Å². The SMILES string of the molecule is NCC1=c2ccc3cccc4ccc(c2c43)CC1. The molecule has 0 aliphatic heterocycles. The van der Waals surface area contributed by atoms with Gasteiger partial charge in [-0.05, 0) is 50.7 Å². The largest absolute Gasteiger partial charge is 0.327 e. The van der Waals surface area contributed by atoms with Crippen molar-refractivity contribution < 1.29 is 0 Å². The van der Waals surface area contributed by atoms with Crippen LogP contribution in [-0.2, 0) is 6.42 Å². The summed E-state index contributed by atoms with van der Waals surface area (Å²) in [4.78, 5) is 0. The molecule has 0 fully saturated rings. The van der Waals surface area contributed by atoms with Crippen LogP contribution < -0.4 is 11.0 Å². The van der Waals surface area contributed by atoms with E-state index in [1.54, 1.807) is 0 Å². The Morgan fingerprint density at radius 2 is 1.61 bits per heavy atom. The Morgan fingerprint density at radius 3 is 2.39 bits per heavy atom. The molecule has 0 spiro atoms. The van der Waals surface area contributed by atoms with E-state index in [0.29, 0.717) is 6.54 Å². The van der Waals surface area contributed by atoms with Crippen molar-refractivity contribution in [2.24, 2.45) is 5.73 Å². The fraction of sp³-hybridized carbons (Fsp3) is 0.176. The summed E-state index contributed by atoms with van der Waals surface area (Å²) in [7, 11) is 0. The van der Waals surface area contributed by atoms with E-state index in [2.05, 4.69) is 42.5 Å². The minimum atomic E-state index is 0.678. The maximum Gasteiger partial charge on any atom is 0.0146 e. The Morgan fingerprint density at radius 1 is 0.833 bits per heavy atom. The molecule has 3 aromatic rings. The van der Waals surface area contributed by atoms with Gasteiger partial charge in [-0.1, -0.05) is 42.5 Å². The highest BCUT2D eigenvalue weighted by Crippen LogP contribution is 2.30. The number of rotatable bonds is 1. The zero-order chi connectivity index (χ0) is 12.1. The number of benzene rings is 3. The van der Waals surface area contributed by atoms with Crippen LogP contribution in [0.1, 0.15) is 12.0 Å². The smallest absolute Gasteiger partial charge is 0.0146 e. The van der Waals surface area contributed by atoms with Crippen molar-refractivity contribution >= 4 is 27.1 Å². The van der Waals surface area contributed by atoms with Crippen molar-refractivity contribution in [2.45, 2.75) is 12.8 Å². The molecule has 0 amide bonds. The summed E-state index contributed by atoms with van der Waals surface area (Å²) in [5, 5.41) is 6.91. The quantitative estimate of drug-likeness (QED) is 0.687. The molecule has 0 aromatic heterocycles. The van der Waals surface area contributed by atoms with Gasteiger partial charge < -0.3 is 5.73 Å². The maximum absolute atomic E-state index is 5.90. The molecule has 0 saturated heterocycles. The third-order valence-corrected chi connectivity index (χ3v) is 4.19. The third-order valence-electron chi connectivity index (χ3n) is 4.19. The van der Waals surface area contributed by atoms with E-state index in [4.69, 9.17) is 5.73 Å². The minimum Gasteiger partial charge on any atom is -0.327 e. The molecule has 0 radical (unpaired) electrons. The molecule has 0 bridgehead atoms. The first-order valence-electron chi connectivity index (χ1n) is 6.53. The van der Waals surface area contributed by atoms with E-state index in [0.717, 1.165) is 12.8 Å². The summed E-state index contributed by atoms with van der Waals surface area (Å²) in [5.41, 5.74) is 8.78. The molecule has 2 N–H and O–H groups in total. The first-order chi connectivity index (χ1) is 8.88. The topological polar surface area (TPSA) is 26.0 Å². The molecular formula is C17H15N. The summed E-state index contributed by atoms with van der Waals surface area (Å²) >= 11 is 0. The summed E-state index contributed by atoms with van der Waals surface area (Å²) in [5.74, 6) is 0. The second-order valence-corrected chi connectivity index (χ2v) is 5.10. The fourth-order valence-corrected chi connectivity index (χ4v) is 3.29. The molecule has 0 unspecified atom stereocenters. The highest BCUT2D eigenvalue weighted by atomic mass is 14.5. The van der Waals surface area contributed by atoms with E-state index in [1.807, 2.05) is 0 Å². The van der Waals surface area contributed by atoms with Crippen LogP contribution in [0.2, 0.25) is 0 Å². The molecule has 0 atom stereocenters. The van der Waals surface area contributed by atoms with Gasteiger partial charge in [0.1, 0.15) is 0 Å². The standard InChI is InChI=1S/C17H15N/c18-10-14-7-6-13-5-4-11-2-1-3-12-8-9-15(14)17(13)16(11)12/h1-5,8-9H,6-7,10,18H2. The lowest BCUT2D eigenvalue weighted by molar-refractivity contribution is 0.972. The van der Waals surface area contributed by atoms with Gasteiger partial charge in [-0.3, -0.25) is 0 Å². The lowest BCUT2D eigenvalue weighted by atomic mass is 9.87. The minimum absolute atomic E-state index is 0.678. The van der Waals surface area contributed by atoms with E-state index in [1.165, 1.54) is 37.9 Å². The van der Waals surface area contributed by atoms with Gasteiger partial charge in [0.05, 0.1) is 0 Å². The van der Waals surface area contributed by atoms with Gasteiger partial charge in [-0.2, -0.15) is 0 Å². The molecule has 1 nitrogen and oxygen atoms in total. The number of hydrogen-bond acceptors (Lipinski definition) is 1. The molecule has 4 rings (SSSR count). The van der Waals surface area contributed by atoms with Crippen molar-refractivity contribution in [3.8, 4) is 0 Å². The average Bonchev–Trinajstić information content (AvgIpc) is 2.44. The predicted octanol–water partition coefficient (Wildman–Crippen LogP) is 2.77. The van der Waals surface area contributed by atoms with Crippen molar-refractivity contribution in [3.63, 3.8) is 0 Å². The zero-order valence-electron chi connectivity index (χ0n) is 10.2. The summed E-state index contributed by atoms with van der Waals surface area (Å²) in [6.45, 7) is 0.678. The lowest BCUT2D eigenvalue weighted by Gasteiger charge is -2.18. The normalized spacial score (nSPS) is 14.6. The molecule has 88 valence electrons. The second-order valence-electron chi connectivity index (χ2n) is 5.10. The second kappa shape index (κ2) is 3.56. The van der Waals surface area contributed by atoms with Crippen LogP contribution in [0.15, 0.2) is 42.5 Å². The summed E-state index contributed by atoms with van der Waals surface area (Å²) < 4.78 is 0. The van der Waals surface area contributed by atoms with Gasteiger partial charge in [0.25, 0.3) is 0 Å². The maximum atomic E-state index is 5.90. The Labute approximate surface area is 106 Å². The molecule has 1 heteroatoms. The predicted molar refractivity (Wildman–Crippen MR) is 77.5 cm³/mol. The van der Waals surface area contributed by atoms with Crippen molar-refractivity contribution in [2.75, 3.05) is 6.54 Å². The van der Waals surface area contributed by atoms with Gasteiger partial charge in [-0.25, -0.2) is 0 Å². The van der Waals surface area contributed by atoms with Crippen molar-refractivity contribution in [1.82, 2.24) is 0 Å². The summed E-state index contributed by atoms with van der Waals surface area (Å²) in [6, 6.07) is 15.6. The van der Waals surface area contributed by atoms with Crippen molar-refractivity contribution in [3.05, 3.63) is 53.2 Å². The van der Waals surface area contributed by atoms with E-state index in [-0.39, 0.29) is 0 Å². The van der Waals surface area contributed by atoms with Gasteiger partial charge in [-0.15, -0.1) is 0 Å². The number of aryl methyl sites for hydroxylation is 1. The van der Waals surface area contributed by atoms with E-state index in [9.17, 15) is 0 Å². The molecule has 0 heterocycles. The lowest BCUT2D eigenvalue weighted by Crippen LogP contribution is -2.20. The van der Waals surface area contributed by atoms with Gasteiger partial charge in [0.2, 0.25) is 0 Å². The number of hydrogen-bond donors (Lipinski definition) is 1. The van der Waals surface area contributed by atoms with Crippen LogP contribution in [0.5, 0.6) is 0 Å². The Kier molecular flexibility index (Phi) is 2.00. The monoisotopic (exact) mass is 233 g/mol. The molecule has 3 aromatic carbocycles. The third kappa shape index (κ3) is 1.20. The Bertz CT molecular complexity index is 799. The van der Waals surface area contributed by atoms with Crippen LogP contribution >= 0.6 is 0 Å². The average molecular weight is 233 g/mol. The fourth-order valence-electron chi connectivity index (χ4n) is 3.29.